The molecule has 0 bridgehead atoms. The van der Waals surface area contributed by atoms with E-state index in [-0.39, 0.29) is 11.8 Å². The third-order valence-electron chi connectivity index (χ3n) is 4.11. The van der Waals surface area contributed by atoms with Gasteiger partial charge in [0.2, 0.25) is 5.91 Å². The molecule has 2 unspecified atom stereocenters. The van der Waals surface area contributed by atoms with E-state index in [2.05, 4.69) is 10.3 Å². The number of nitriles is 1. The van der Waals surface area contributed by atoms with Gasteiger partial charge in [-0.05, 0) is 31.4 Å². The van der Waals surface area contributed by atoms with E-state index in [0.717, 1.165) is 11.3 Å². The average molecular weight is 345 g/mol. The van der Waals surface area contributed by atoms with Gasteiger partial charge in [0.25, 0.3) is 0 Å². The third kappa shape index (κ3) is 3.31. The van der Waals surface area contributed by atoms with Crippen molar-refractivity contribution >= 4 is 28.3 Å². The summed E-state index contributed by atoms with van der Waals surface area (Å²) in [5, 5.41) is 21.4. The highest BCUT2D eigenvalue weighted by molar-refractivity contribution is 7.16. The molecule has 2 aromatic rings. The molecule has 3 rings (SSSR count). The maximum Gasteiger partial charge on any atom is 0.306 e. The maximum atomic E-state index is 12.4. The van der Waals surface area contributed by atoms with E-state index in [0.29, 0.717) is 47.1 Å². The Morgan fingerprint density at radius 1 is 1.42 bits per heavy atom. The van der Waals surface area contributed by atoms with Crippen molar-refractivity contribution < 1.29 is 19.1 Å². The summed E-state index contributed by atoms with van der Waals surface area (Å²) in [6.07, 6.45) is 3.81. The Kier molecular flexibility index (Phi) is 4.62. The first-order chi connectivity index (χ1) is 11.6. The first kappa shape index (κ1) is 16.2. The highest BCUT2D eigenvalue weighted by Crippen LogP contribution is 2.33. The minimum atomic E-state index is -0.853. The number of amides is 1. The summed E-state index contributed by atoms with van der Waals surface area (Å²) in [4.78, 5) is 28.1. The minimum absolute atomic E-state index is 0.245. The normalized spacial score (nSPS) is 20.3. The number of carboxylic acids is 1. The van der Waals surface area contributed by atoms with Crippen LogP contribution in [0.4, 0.5) is 5.13 Å². The molecule has 0 aliphatic heterocycles. The van der Waals surface area contributed by atoms with Crippen LogP contribution in [0.5, 0.6) is 0 Å². The van der Waals surface area contributed by atoms with Crippen molar-refractivity contribution in [2.45, 2.75) is 25.7 Å². The predicted octanol–water partition coefficient (Wildman–Crippen LogP) is 3.10. The highest BCUT2D eigenvalue weighted by atomic mass is 32.1. The van der Waals surface area contributed by atoms with Crippen LogP contribution < -0.4 is 5.32 Å². The number of carbonyl (C=O) groups excluding carboxylic acids is 1. The van der Waals surface area contributed by atoms with Gasteiger partial charge in [0, 0.05) is 5.92 Å². The van der Waals surface area contributed by atoms with Gasteiger partial charge in [-0.2, -0.15) is 5.26 Å². The van der Waals surface area contributed by atoms with Crippen LogP contribution in [0.25, 0.3) is 11.5 Å². The number of aliphatic carboxylic acids is 1. The fourth-order valence-corrected chi connectivity index (χ4v) is 3.66. The van der Waals surface area contributed by atoms with Crippen LogP contribution >= 0.6 is 11.3 Å². The minimum Gasteiger partial charge on any atom is -0.481 e. The van der Waals surface area contributed by atoms with Gasteiger partial charge in [-0.15, -0.1) is 0 Å². The number of nitrogens with zero attached hydrogens (tertiary/aromatic N) is 2. The fraction of sp³-hybridized carbons (Fsp3) is 0.375. The van der Waals surface area contributed by atoms with Crippen molar-refractivity contribution in [1.82, 2.24) is 4.98 Å². The number of furan rings is 1. The van der Waals surface area contributed by atoms with Crippen LogP contribution in [-0.2, 0) is 9.59 Å². The van der Waals surface area contributed by atoms with Gasteiger partial charge in [-0.1, -0.05) is 17.8 Å². The monoisotopic (exact) mass is 345 g/mol. The Hall–Kier alpha value is -2.66. The number of rotatable bonds is 4. The molecule has 1 fully saturated rings. The van der Waals surface area contributed by atoms with Gasteiger partial charge in [0.15, 0.2) is 10.9 Å². The zero-order valence-corrected chi connectivity index (χ0v) is 13.5. The van der Waals surface area contributed by atoms with Crippen molar-refractivity contribution in [3.8, 4) is 17.5 Å². The Bertz CT molecular complexity index is 791. The van der Waals surface area contributed by atoms with Gasteiger partial charge in [-0.25, -0.2) is 4.98 Å². The van der Waals surface area contributed by atoms with E-state index in [1.165, 1.54) is 6.26 Å². The summed E-state index contributed by atoms with van der Waals surface area (Å²) in [5.41, 5.74) is 0.398. The first-order valence-electron chi connectivity index (χ1n) is 7.57. The van der Waals surface area contributed by atoms with Crippen LogP contribution in [-0.4, -0.2) is 22.0 Å². The summed E-state index contributed by atoms with van der Waals surface area (Å²) in [6.45, 7) is 0. The molecular formula is C16H15N3O4S. The number of aromatic nitrogens is 1. The zero-order valence-electron chi connectivity index (χ0n) is 12.7. The lowest BCUT2D eigenvalue weighted by atomic mass is 9.81. The van der Waals surface area contributed by atoms with Crippen molar-refractivity contribution in [3.63, 3.8) is 0 Å². The first-order valence-corrected chi connectivity index (χ1v) is 8.38. The average Bonchev–Trinajstić information content (AvgIpc) is 3.23. The molecule has 0 spiro atoms. The lowest BCUT2D eigenvalue weighted by Crippen LogP contribution is -2.30. The molecule has 2 heterocycles. The topological polar surface area (TPSA) is 116 Å². The molecule has 124 valence electrons. The van der Waals surface area contributed by atoms with Gasteiger partial charge >= 0.3 is 5.97 Å². The second-order valence-corrected chi connectivity index (χ2v) is 6.67. The fourth-order valence-electron chi connectivity index (χ4n) is 2.89. The molecule has 0 saturated heterocycles. The molecule has 24 heavy (non-hydrogen) atoms. The SMILES string of the molecule is N#Cc1sc(NC(=O)C2CCCC(C(=O)O)C2)nc1-c1ccco1. The van der Waals surface area contributed by atoms with Gasteiger partial charge < -0.3 is 14.8 Å². The standard InChI is InChI=1S/C16H15N3O4S/c17-8-12-13(11-5-2-6-23-11)18-16(24-12)19-14(20)9-3-1-4-10(7-9)15(21)22/h2,5-6,9-10H,1,3-4,7H2,(H,21,22)(H,18,19,20). The van der Waals surface area contributed by atoms with E-state index in [9.17, 15) is 14.9 Å². The van der Waals surface area contributed by atoms with E-state index in [1.807, 2.05) is 6.07 Å². The van der Waals surface area contributed by atoms with E-state index >= 15 is 0 Å². The Morgan fingerprint density at radius 3 is 2.88 bits per heavy atom. The lowest BCUT2D eigenvalue weighted by Gasteiger charge is -2.25. The number of thiazole rings is 1. The van der Waals surface area contributed by atoms with E-state index < -0.39 is 11.9 Å². The van der Waals surface area contributed by atoms with Gasteiger partial charge in [0.05, 0.1) is 12.2 Å². The summed E-state index contributed by atoms with van der Waals surface area (Å²) in [5.74, 6) is -1.45. The van der Waals surface area contributed by atoms with Crippen molar-refractivity contribution in [2.24, 2.45) is 11.8 Å². The lowest BCUT2D eigenvalue weighted by molar-refractivity contribution is -0.143. The molecule has 1 aliphatic rings. The van der Waals surface area contributed by atoms with Crippen molar-refractivity contribution in [2.75, 3.05) is 5.32 Å². The van der Waals surface area contributed by atoms with E-state index in [1.54, 1.807) is 12.1 Å². The smallest absolute Gasteiger partial charge is 0.306 e. The number of carbonyl (C=O) groups is 2. The second kappa shape index (κ2) is 6.84. The van der Waals surface area contributed by atoms with Crippen LogP contribution in [0.1, 0.15) is 30.6 Å². The molecule has 1 amide bonds. The number of hydrogen-bond donors (Lipinski definition) is 2. The molecule has 2 N–H and O–H groups in total. The molecule has 0 aromatic carbocycles. The van der Waals surface area contributed by atoms with Crippen LogP contribution in [0.15, 0.2) is 22.8 Å². The van der Waals surface area contributed by atoms with Gasteiger partial charge in [-0.3, -0.25) is 9.59 Å². The predicted molar refractivity (Wildman–Crippen MR) is 86.2 cm³/mol. The van der Waals surface area contributed by atoms with Gasteiger partial charge in [0.1, 0.15) is 16.6 Å². The number of carboxylic acid groups (broad SMARTS) is 1. The summed E-state index contributed by atoms with van der Waals surface area (Å²) in [6, 6.07) is 5.44. The Labute approximate surface area is 141 Å². The molecule has 1 aliphatic carbocycles. The largest absolute Gasteiger partial charge is 0.481 e. The highest BCUT2D eigenvalue weighted by Gasteiger charge is 2.31. The number of anilines is 1. The maximum absolute atomic E-state index is 12.4. The second-order valence-electron chi connectivity index (χ2n) is 5.67. The van der Waals surface area contributed by atoms with Crippen molar-refractivity contribution in [1.29, 1.82) is 5.26 Å². The van der Waals surface area contributed by atoms with Crippen LogP contribution in [0, 0.1) is 23.2 Å². The quantitative estimate of drug-likeness (QED) is 0.879. The number of hydrogen-bond acceptors (Lipinski definition) is 6. The molecule has 2 aromatic heterocycles. The molecule has 0 radical (unpaired) electrons. The summed E-state index contributed by atoms with van der Waals surface area (Å²) < 4.78 is 5.25. The molecule has 1 saturated carbocycles. The number of nitrogens with one attached hydrogen (secondary N) is 1. The molecule has 8 heteroatoms. The molecule has 2 atom stereocenters. The van der Waals surface area contributed by atoms with Crippen LogP contribution in [0.2, 0.25) is 0 Å². The van der Waals surface area contributed by atoms with E-state index in [4.69, 9.17) is 9.52 Å². The van der Waals surface area contributed by atoms with Crippen LogP contribution in [0.3, 0.4) is 0 Å². The summed E-state index contributed by atoms with van der Waals surface area (Å²) in [7, 11) is 0. The zero-order chi connectivity index (χ0) is 17.1. The summed E-state index contributed by atoms with van der Waals surface area (Å²) >= 11 is 1.08. The Balaban J connectivity index is 1.73. The van der Waals surface area contributed by atoms with Crippen molar-refractivity contribution in [3.05, 3.63) is 23.3 Å². The molecule has 7 nitrogen and oxygen atoms in total. The Morgan fingerprint density at radius 2 is 2.21 bits per heavy atom. The third-order valence-corrected chi connectivity index (χ3v) is 4.98. The molecular weight excluding hydrogens is 330 g/mol.